The molecule has 0 aliphatic carbocycles. The van der Waals surface area contributed by atoms with E-state index in [2.05, 4.69) is 10.1 Å². The largest absolute Gasteiger partial charge is 0.491 e. The van der Waals surface area contributed by atoms with E-state index in [0.717, 1.165) is 5.56 Å². The topological polar surface area (TPSA) is 69.0 Å². The fraction of sp³-hybridized carbons (Fsp3) is 0.278. The first-order valence-corrected chi connectivity index (χ1v) is 8.17. The van der Waals surface area contributed by atoms with Gasteiger partial charge in [0.05, 0.1) is 19.3 Å². The van der Waals surface area contributed by atoms with Gasteiger partial charge in [-0.05, 0) is 19.1 Å². The van der Waals surface area contributed by atoms with Gasteiger partial charge in [-0.2, -0.15) is 0 Å². The van der Waals surface area contributed by atoms with E-state index in [4.69, 9.17) is 9.47 Å². The van der Waals surface area contributed by atoms with E-state index >= 15 is 0 Å². The van der Waals surface area contributed by atoms with Crippen LogP contribution in [0.1, 0.15) is 21.7 Å². The monoisotopic (exact) mass is 356 g/mol. The normalized spacial score (nSPS) is 13.9. The van der Waals surface area contributed by atoms with E-state index < -0.39 is 0 Å². The van der Waals surface area contributed by atoms with Crippen LogP contribution in [0.25, 0.3) is 5.65 Å². The number of rotatable bonds is 2. The van der Waals surface area contributed by atoms with Crippen molar-refractivity contribution in [2.45, 2.75) is 13.5 Å². The van der Waals surface area contributed by atoms with Crippen LogP contribution in [0.3, 0.4) is 0 Å². The number of nitrogens with zero attached hydrogens (tertiary/aromatic N) is 4. The first kappa shape index (κ1) is 16.3. The van der Waals surface area contributed by atoms with Crippen molar-refractivity contribution >= 4 is 11.6 Å². The number of aromatic nitrogens is 3. The molecule has 0 saturated carbocycles. The molecular weight excluding hydrogens is 339 g/mol. The molecule has 0 unspecified atom stereocenters. The molecule has 7 nitrogen and oxygen atoms in total. The van der Waals surface area contributed by atoms with Gasteiger partial charge in [0, 0.05) is 24.2 Å². The van der Waals surface area contributed by atoms with E-state index in [1.54, 1.807) is 30.0 Å². The highest BCUT2D eigenvalue weighted by Crippen LogP contribution is 2.25. The fourth-order valence-electron chi connectivity index (χ4n) is 3.05. The highest BCUT2D eigenvalue weighted by Gasteiger charge is 2.26. The number of carbonyl (C=O) groups is 1. The zero-order valence-corrected chi connectivity index (χ0v) is 14.4. The molecular formula is C18H17FN4O3. The minimum atomic E-state index is -0.363. The molecule has 0 saturated heterocycles. The minimum Gasteiger partial charge on any atom is -0.491 e. The van der Waals surface area contributed by atoms with Crippen molar-refractivity contribution in [1.82, 2.24) is 19.5 Å². The summed E-state index contributed by atoms with van der Waals surface area (Å²) in [5.74, 6) is 0.285. The van der Waals surface area contributed by atoms with Gasteiger partial charge in [0.15, 0.2) is 11.3 Å². The maximum absolute atomic E-state index is 13.4. The minimum absolute atomic E-state index is 0.212. The first-order valence-electron chi connectivity index (χ1n) is 8.17. The summed E-state index contributed by atoms with van der Waals surface area (Å²) in [5, 5.41) is 4.31. The predicted molar refractivity (Wildman–Crippen MR) is 90.9 cm³/mol. The molecule has 0 radical (unpaired) electrons. The van der Waals surface area contributed by atoms with Gasteiger partial charge in [0.25, 0.3) is 5.91 Å². The van der Waals surface area contributed by atoms with Crippen molar-refractivity contribution in [2.24, 2.45) is 0 Å². The van der Waals surface area contributed by atoms with Crippen LogP contribution in [0.15, 0.2) is 30.3 Å². The predicted octanol–water partition coefficient (Wildman–Crippen LogP) is 2.22. The number of hydrogen-bond donors (Lipinski definition) is 0. The number of ether oxygens (including phenoxy) is 2. The van der Waals surface area contributed by atoms with Crippen LogP contribution in [0.4, 0.5) is 4.39 Å². The van der Waals surface area contributed by atoms with Crippen molar-refractivity contribution in [3.63, 3.8) is 0 Å². The van der Waals surface area contributed by atoms with Gasteiger partial charge in [-0.1, -0.05) is 6.07 Å². The third-order valence-corrected chi connectivity index (χ3v) is 4.34. The number of methoxy groups -OCH3 is 1. The second-order valence-electron chi connectivity index (χ2n) is 6.02. The standard InChI is InChI=1S/C18H17FN4O3/c1-11-17(23-15(20-11)5-6-16(21-23)25-2)18(24)22-7-8-26-14-9-13(19)4-3-12(14)10-22/h3-6,9H,7-8,10H2,1-2H3. The van der Waals surface area contributed by atoms with E-state index in [1.807, 2.05) is 0 Å². The molecule has 0 fully saturated rings. The lowest BCUT2D eigenvalue weighted by molar-refractivity contribution is 0.0724. The fourth-order valence-corrected chi connectivity index (χ4v) is 3.05. The smallest absolute Gasteiger partial charge is 0.274 e. The number of hydrogen-bond acceptors (Lipinski definition) is 5. The highest BCUT2D eigenvalue weighted by atomic mass is 19.1. The van der Waals surface area contributed by atoms with Crippen LogP contribution >= 0.6 is 0 Å². The Hall–Kier alpha value is -3.16. The molecule has 4 rings (SSSR count). The van der Waals surface area contributed by atoms with Crippen LogP contribution in [-0.4, -0.2) is 45.7 Å². The highest BCUT2D eigenvalue weighted by molar-refractivity contribution is 5.94. The number of fused-ring (bicyclic) bond motifs is 2. The average molecular weight is 356 g/mol. The van der Waals surface area contributed by atoms with Gasteiger partial charge < -0.3 is 14.4 Å². The lowest BCUT2D eigenvalue weighted by atomic mass is 10.2. The number of aryl methyl sites for hydroxylation is 1. The summed E-state index contributed by atoms with van der Waals surface area (Å²) in [6.45, 7) is 2.76. The van der Waals surface area contributed by atoms with Crippen LogP contribution in [-0.2, 0) is 6.54 Å². The Morgan fingerprint density at radius 2 is 2.15 bits per heavy atom. The van der Waals surface area contributed by atoms with Crippen molar-refractivity contribution in [1.29, 1.82) is 0 Å². The third kappa shape index (κ3) is 2.73. The molecule has 2 aromatic heterocycles. The van der Waals surface area contributed by atoms with Gasteiger partial charge >= 0.3 is 0 Å². The Bertz CT molecular complexity index is 1000. The van der Waals surface area contributed by atoms with Crippen molar-refractivity contribution in [3.05, 3.63) is 53.1 Å². The number of imidazole rings is 1. The summed E-state index contributed by atoms with van der Waals surface area (Å²) in [5.41, 5.74) is 2.29. The molecule has 0 N–H and O–H groups in total. The molecule has 1 aliphatic rings. The number of amides is 1. The maximum atomic E-state index is 13.4. The summed E-state index contributed by atoms with van der Waals surface area (Å²) in [7, 11) is 1.52. The van der Waals surface area contributed by atoms with Crippen molar-refractivity contribution in [3.8, 4) is 11.6 Å². The van der Waals surface area contributed by atoms with Gasteiger partial charge in [0.2, 0.25) is 5.88 Å². The average Bonchev–Trinajstić information content (AvgIpc) is 2.82. The molecule has 1 amide bonds. The van der Waals surface area contributed by atoms with E-state index in [0.29, 0.717) is 41.8 Å². The molecule has 3 aromatic rings. The van der Waals surface area contributed by atoms with Crippen LogP contribution in [0.2, 0.25) is 0 Å². The Morgan fingerprint density at radius 1 is 1.31 bits per heavy atom. The molecule has 134 valence electrons. The lowest BCUT2D eigenvalue weighted by Crippen LogP contribution is -2.34. The Kier molecular flexibility index (Phi) is 3.95. The summed E-state index contributed by atoms with van der Waals surface area (Å²) < 4.78 is 25.6. The first-order chi connectivity index (χ1) is 12.6. The Balaban J connectivity index is 1.72. The van der Waals surface area contributed by atoms with Gasteiger partial charge in [-0.3, -0.25) is 4.79 Å². The summed E-state index contributed by atoms with van der Waals surface area (Å²) in [4.78, 5) is 19.2. The van der Waals surface area contributed by atoms with E-state index in [9.17, 15) is 9.18 Å². The molecule has 8 heteroatoms. The molecule has 26 heavy (non-hydrogen) atoms. The Morgan fingerprint density at radius 3 is 2.96 bits per heavy atom. The number of halogens is 1. The zero-order valence-electron chi connectivity index (χ0n) is 14.4. The van der Waals surface area contributed by atoms with Crippen LogP contribution < -0.4 is 9.47 Å². The quantitative estimate of drug-likeness (QED) is 0.704. The third-order valence-electron chi connectivity index (χ3n) is 4.34. The molecule has 0 bridgehead atoms. The van der Waals surface area contributed by atoms with E-state index in [-0.39, 0.29) is 18.3 Å². The van der Waals surface area contributed by atoms with Crippen molar-refractivity contribution < 1.29 is 18.7 Å². The number of carbonyl (C=O) groups excluding carboxylic acids is 1. The van der Waals surface area contributed by atoms with Gasteiger partial charge in [0.1, 0.15) is 18.2 Å². The van der Waals surface area contributed by atoms with Gasteiger partial charge in [-0.15, -0.1) is 5.10 Å². The molecule has 0 atom stereocenters. The van der Waals surface area contributed by atoms with Crippen LogP contribution in [0, 0.1) is 12.7 Å². The Labute approximate surface area is 149 Å². The number of benzene rings is 1. The zero-order chi connectivity index (χ0) is 18.3. The maximum Gasteiger partial charge on any atom is 0.274 e. The molecule has 3 heterocycles. The van der Waals surface area contributed by atoms with E-state index in [1.165, 1.54) is 23.8 Å². The summed E-state index contributed by atoms with van der Waals surface area (Å²) >= 11 is 0. The van der Waals surface area contributed by atoms with Crippen molar-refractivity contribution in [2.75, 3.05) is 20.3 Å². The SMILES string of the molecule is COc1ccc2nc(C)c(C(=O)N3CCOc4cc(F)ccc4C3)n2n1. The van der Waals surface area contributed by atoms with Crippen LogP contribution in [0.5, 0.6) is 11.6 Å². The second-order valence-corrected chi connectivity index (χ2v) is 6.02. The molecule has 1 aliphatic heterocycles. The lowest BCUT2D eigenvalue weighted by Gasteiger charge is -2.19. The second kappa shape index (κ2) is 6.29. The molecule has 0 spiro atoms. The summed E-state index contributed by atoms with van der Waals surface area (Å²) in [6.07, 6.45) is 0. The molecule has 1 aromatic carbocycles. The van der Waals surface area contributed by atoms with Gasteiger partial charge in [-0.25, -0.2) is 13.9 Å². The summed E-state index contributed by atoms with van der Waals surface area (Å²) in [6, 6.07) is 7.79.